The molecule has 0 atom stereocenters. The van der Waals surface area contributed by atoms with Crippen molar-refractivity contribution in [2.45, 2.75) is 41.5 Å². The zero-order valence-electron chi connectivity index (χ0n) is 13.3. The van der Waals surface area contributed by atoms with Crippen LogP contribution in [0.2, 0.25) is 0 Å². The normalized spacial score (nSPS) is 10.1. The van der Waals surface area contributed by atoms with Crippen molar-refractivity contribution in [3.05, 3.63) is 23.0 Å². The van der Waals surface area contributed by atoms with Crippen LogP contribution in [0.5, 0.6) is 0 Å². The maximum absolute atomic E-state index is 12.0. The first kappa shape index (κ1) is 17.7. The summed E-state index contributed by atoms with van der Waals surface area (Å²) in [5.41, 5.74) is 2.72. The first-order valence-electron chi connectivity index (χ1n) is 7.25. The average Bonchev–Trinajstić information content (AvgIpc) is 2.76. The van der Waals surface area contributed by atoms with Gasteiger partial charge in [0.15, 0.2) is 0 Å². The van der Waals surface area contributed by atoms with E-state index in [0.29, 0.717) is 6.54 Å². The van der Waals surface area contributed by atoms with Crippen molar-refractivity contribution >= 4 is 5.91 Å². The van der Waals surface area contributed by atoms with Gasteiger partial charge < -0.3 is 15.2 Å². The van der Waals surface area contributed by atoms with Crippen molar-refractivity contribution < 1.29 is 4.79 Å². The molecule has 0 unspecified atom stereocenters. The summed E-state index contributed by atoms with van der Waals surface area (Å²) in [4.78, 5) is 17.3. The summed E-state index contributed by atoms with van der Waals surface area (Å²) in [5.74, 6) is 0.0217. The number of amides is 1. The Hall–Kier alpha value is -1.29. The Labute approximate surface area is 117 Å². The highest BCUT2D eigenvalue weighted by Gasteiger charge is 2.13. The Morgan fingerprint density at radius 1 is 1.26 bits per heavy atom. The highest BCUT2D eigenvalue weighted by molar-refractivity contribution is 5.96. The number of nitrogens with one attached hydrogen (secondary N) is 2. The second-order valence-corrected chi connectivity index (χ2v) is 4.25. The van der Waals surface area contributed by atoms with Gasteiger partial charge in [0.05, 0.1) is 5.56 Å². The van der Waals surface area contributed by atoms with Gasteiger partial charge in [-0.15, -0.1) is 0 Å². The number of hydrogen-bond donors (Lipinski definition) is 2. The molecule has 1 rings (SSSR count). The molecule has 1 amide bonds. The molecule has 0 aliphatic rings. The molecular formula is C15H29N3O. The van der Waals surface area contributed by atoms with Crippen LogP contribution in [-0.2, 0) is 0 Å². The predicted octanol–water partition coefficient (Wildman–Crippen LogP) is 2.73. The molecule has 0 aromatic carbocycles. The number of aromatic nitrogens is 1. The van der Waals surface area contributed by atoms with Gasteiger partial charge in [-0.3, -0.25) is 4.79 Å². The van der Waals surface area contributed by atoms with E-state index in [-0.39, 0.29) is 5.91 Å². The lowest BCUT2D eigenvalue weighted by molar-refractivity contribution is 0.0948. The van der Waals surface area contributed by atoms with Gasteiger partial charge in [-0.25, -0.2) is 0 Å². The van der Waals surface area contributed by atoms with Gasteiger partial charge in [-0.05, 0) is 32.5 Å². The average molecular weight is 267 g/mol. The van der Waals surface area contributed by atoms with Gasteiger partial charge in [0, 0.05) is 25.0 Å². The van der Waals surface area contributed by atoms with Crippen LogP contribution in [-0.4, -0.2) is 42.0 Å². The Bertz CT molecular complexity index is 348. The second-order valence-electron chi connectivity index (χ2n) is 4.25. The third-order valence-electron chi connectivity index (χ3n) is 3.11. The number of hydrogen-bond acceptors (Lipinski definition) is 2. The molecule has 0 radical (unpaired) electrons. The lowest BCUT2D eigenvalue weighted by Crippen LogP contribution is -2.35. The van der Waals surface area contributed by atoms with Gasteiger partial charge in [0.25, 0.3) is 5.91 Å². The van der Waals surface area contributed by atoms with Crippen LogP contribution >= 0.6 is 0 Å². The predicted molar refractivity (Wildman–Crippen MR) is 81.7 cm³/mol. The summed E-state index contributed by atoms with van der Waals surface area (Å²) >= 11 is 0. The monoisotopic (exact) mass is 267 g/mol. The van der Waals surface area contributed by atoms with E-state index in [4.69, 9.17) is 0 Å². The molecular weight excluding hydrogens is 238 g/mol. The number of likely N-dealkylation sites (N-methyl/N-ethyl adjacent to an activating group) is 1. The van der Waals surface area contributed by atoms with Crippen molar-refractivity contribution in [3.8, 4) is 0 Å². The van der Waals surface area contributed by atoms with E-state index in [9.17, 15) is 4.79 Å². The molecule has 1 aromatic heterocycles. The van der Waals surface area contributed by atoms with Crippen molar-refractivity contribution in [1.82, 2.24) is 15.2 Å². The quantitative estimate of drug-likeness (QED) is 0.832. The van der Waals surface area contributed by atoms with Gasteiger partial charge >= 0.3 is 0 Å². The van der Waals surface area contributed by atoms with E-state index in [2.05, 4.69) is 29.0 Å². The van der Waals surface area contributed by atoms with Crippen molar-refractivity contribution in [2.75, 3.05) is 26.2 Å². The number of rotatable bonds is 6. The fraction of sp³-hybridized carbons (Fsp3) is 0.667. The Balaban J connectivity index is 0.00000154. The molecule has 0 saturated heterocycles. The number of carbonyl (C=O) groups is 1. The smallest absolute Gasteiger partial charge is 0.253 e. The molecule has 0 spiro atoms. The summed E-state index contributed by atoms with van der Waals surface area (Å²) in [6.45, 7) is 15.8. The maximum atomic E-state index is 12.0. The lowest BCUT2D eigenvalue weighted by atomic mass is 10.1. The molecule has 110 valence electrons. The standard InChI is InChI=1S/C13H23N3O.C2H6/c1-5-16(6-2)8-7-14-13(17)12-10(3)9-15-11(12)4;1-2/h9,15H,5-8H2,1-4H3,(H,14,17);1-2H3. The minimum absolute atomic E-state index is 0.0217. The highest BCUT2D eigenvalue weighted by Crippen LogP contribution is 2.11. The molecule has 2 N–H and O–H groups in total. The molecule has 1 heterocycles. The van der Waals surface area contributed by atoms with Crippen LogP contribution in [0.25, 0.3) is 0 Å². The SMILES string of the molecule is CC.CCN(CC)CCNC(=O)c1c(C)c[nH]c1C. The molecule has 19 heavy (non-hydrogen) atoms. The summed E-state index contributed by atoms with van der Waals surface area (Å²) in [6.07, 6.45) is 1.87. The summed E-state index contributed by atoms with van der Waals surface area (Å²) in [7, 11) is 0. The van der Waals surface area contributed by atoms with Crippen LogP contribution in [0.3, 0.4) is 0 Å². The van der Waals surface area contributed by atoms with E-state index in [1.54, 1.807) is 0 Å². The van der Waals surface area contributed by atoms with Gasteiger partial charge in [0.1, 0.15) is 0 Å². The zero-order valence-corrected chi connectivity index (χ0v) is 13.3. The number of carbonyl (C=O) groups excluding carboxylic acids is 1. The highest BCUT2D eigenvalue weighted by atomic mass is 16.1. The third kappa shape index (κ3) is 5.47. The lowest BCUT2D eigenvalue weighted by Gasteiger charge is -2.18. The molecule has 0 saturated carbocycles. The number of aromatic amines is 1. The molecule has 0 aliphatic heterocycles. The first-order valence-corrected chi connectivity index (χ1v) is 7.25. The van der Waals surface area contributed by atoms with Crippen LogP contribution in [0.4, 0.5) is 0 Å². The summed E-state index contributed by atoms with van der Waals surface area (Å²) in [6, 6.07) is 0. The zero-order chi connectivity index (χ0) is 14.8. The summed E-state index contributed by atoms with van der Waals surface area (Å²) < 4.78 is 0. The molecule has 0 fully saturated rings. The number of nitrogens with zero attached hydrogens (tertiary/aromatic N) is 1. The van der Waals surface area contributed by atoms with Crippen LogP contribution in [0.15, 0.2) is 6.20 Å². The fourth-order valence-electron chi connectivity index (χ4n) is 1.96. The third-order valence-corrected chi connectivity index (χ3v) is 3.11. The largest absolute Gasteiger partial charge is 0.364 e. The molecule has 0 aliphatic carbocycles. The molecule has 4 heteroatoms. The van der Waals surface area contributed by atoms with Crippen LogP contribution in [0, 0.1) is 13.8 Å². The van der Waals surface area contributed by atoms with E-state index >= 15 is 0 Å². The van der Waals surface area contributed by atoms with E-state index < -0.39 is 0 Å². The Kier molecular flexibility index (Phi) is 8.96. The van der Waals surface area contributed by atoms with Crippen molar-refractivity contribution in [3.63, 3.8) is 0 Å². The van der Waals surface area contributed by atoms with Crippen LogP contribution < -0.4 is 5.32 Å². The second kappa shape index (κ2) is 9.62. The first-order chi connectivity index (χ1) is 9.10. The van der Waals surface area contributed by atoms with E-state index in [0.717, 1.165) is 36.5 Å². The van der Waals surface area contributed by atoms with Gasteiger partial charge in [0.2, 0.25) is 0 Å². The Morgan fingerprint density at radius 2 is 1.84 bits per heavy atom. The van der Waals surface area contributed by atoms with E-state index in [1.165, 1.54) is 0 Å². The molecule has 4 nitrogen and oxygen atoms in total. The minimum Gasteiger partial charge on any atom is -0.364 e. The number of H-pyrrole nitrogens is 1. The van der Waals surface area contributed by atoms with E-state index in [1.807, 2.05) is 33.9 Å². The number of aryl methyl sites for hydroxylation is 2. The van der Waals surface area contributed by atoms with Gasteiger partial charge in [-0.2, -0.15) is 0 Å². The topological polar surface area (TPSA) is 48.1 Å². The maximum Gasteiger partial charge on any atom is 0.253 e. The van der Waals surface area contributed by atoms with Gasteiger partial charge in [-0.1, -0.05) is 27.7 Å². The Morgan fingerprint density at radius 3 is 2.26 bits per heavy atom. The molecule has 1 aromatic rings. The fourth-order valence-corrected chi connectivity index (χ4v) is 1.96. The van der Waals surface area contributed by atoms with Crippen molar-refractivity contribution in [2.24, 2.45) is 0 Å². The van der Waals surface area contributed by atoms with Crippen molar-refractivity contribution in [1.29, 1.82) is 0 Å². The molecule has 0 bridgehead atoms. The minimum atomic E-state index is 0.0217. The van der Waals surface area contributed by atoms with Crippen LogP contribution in [0.1, 0.15) is 49.3 Å². The summed E-state index contributed by atoms with van der Waals surface area (Å²) in [5, 5.41) is 2.97.